The Balaban J connectivity index is 2.11. The first-order valence-corrected chi connectivity index (χ1v) is 7.92. The second-order valence-corrected chi connectivity index (χ2v) is 6.26. The van der Waals surface area contributed by atoms with Crippen molar-refractivity contribution in [3.05, 3.63) is 65.1 Å². The standard InChI is InChI=1S/C20H15N3O/c1-11-7-8-13-10-14-18(24-17(13)9-11)12(2)19(21)23-16-6-4-3-5-15(16)22-20(14)23/h3-10,21H,1-2H3. The zero-order valence-electron chi connectivity index (χ0n) is 13.4. The highest BCUT2D eigenvalue weighted by molar-refractivity contribution is 6.01. The summed E-state index contributed by atoms with van der Waals surface area (Å²) < 4.78 is 8.07. The van der Waals surface area contributed by atoms with Gasteiger partial charge in [-0.25, -0.2) is 4.98 Å². The fraction of sp³-hybridized carbons (Fsp3) is 0.100. The van der Waals surface area contributed by atoms with Crippen molar-refractivity contribution in [2.75, 3.05) is 0 Å². The van der Waals surface area contributed by atoms with Crippen LogP contribution in [0.2, 0.25) is 0 Å². The molecule has 0 saturated carbocycles. The average Bonchev–Trinajstić information content (AvgIpc) is 2.98. The molecule has 5 rings (SSSR count). The van der Waals surface area contributed by atoms with Crippen LogP contribution in [0.1, 0.15) is 11.1 Å². The molecule has 0 amide bonds. The third-order valence-electron chi connectivity index (χ3n) is 4.65. The van der Waals surface area contributed by atoms with Crippen molar-refractivity contribution in [2.45, 2.75) is 13.8 Å². The summed E-state index contributed by atoms with van der Waals surface area (Å²) >= 11 is 0. The average molecular weight is 313 g/mol. The lowest BCUT2D eigenvalue weighted by Crippen LogP contribution is -2.16. The molecule has 3 heterocycles. The van der Waals surface area contributed by atoms with E-state index in [1.165, 1.54) is 0 Å². The van der Waals surface area contributed by atoms with Crippen molar-refractivity contribution in [1.29, 1.82) is 5.41 Å². The van der Waals surface area contributed by atoms with E-state index in [1.54, 1.807) is 0 Å². The molecule has 5 aromatic rings. The van der Waals surface area contributed by atoms with Crippen molar-refractivity contribution < 1.29 is 4.42 Å². The molecule has 3 aromatic heterocycles. The van der Waals surface area contributed by atoms with Crippen LogP contribution in [0.3, 0.4) is 0 Å². The molecule has 0 bridgehead atoms. The molecule has 116 valence electrons. The maximum atomic E-state index is 8.58. The number of aryl methyl sites for hydroxylation is 2. The van der Waals surface area contributed by atoms with E-state index in [1.807, 2.05) is 48.6 Å². The van der Waals surface area contributed by atoms with Crippen molar-refractivity contribution >= 4 is 38.6 Å². The third-order valence-corrected chi connectivity index (χ3v) is 4.65. The van der Waals surface area contributed by atoms with E-state index >= 15 is 0 Å². The fourth-order valence-electron chi connectivity index (χ4n) is 3.39. The molecule has 0 aliphatic heterocycles. The minimum absolute atomic E-state index is 0.418. The van der Waals surface area contributed by atoms with E-state index in [-0.39, 0.29) is 0 Å². The molecule has 0 radical (unpaired) electrons. The van der Waals surface area contributed by atoms with Crippen LogP contribution in [0.15, 0.2) is 52.9 Å². The lowest BCUT2D eigenvalue weighted by molar-refractivity contribution is 0.654. The summed E-state index contributed by atoms with van der Waals surface area (Å²) in [5.74, 6) is 0. The summed E-state index contributed by atoms with van der Waals surface area (Å²) in [7, 11) is 0. The number of nitrogens with one attached hydrogen (secondary N) is 1. The molecule has 0 atom stereocenters. The summed E-state index contributed by atoms with van der Waals surface area (Å²) in [6, 6.07) is 16.2. The molecule has 0 unspecified atom stereocenters. The minimum Gasteiger partial charge on any atom is -0.456 e. The molecule has 24 heavy (non-hydrogen) atoms. The van der Waals surface area contributed by atoms with E-state index in [9.17, 15) is 0 Å². The van der Waals surface area contributed by atoms with E-state index in [2.05, 4.69) is 18.2 Å². The molecule has 1 N–H and O–H groups in total. The number of para-hydroxylation sites is 2. The van der Waals surface area contributed by atoms with Crippen LogP contribution >= 0.6 is 0 Å². The van der Waals surface area contributed by atoms with E-state index < -0.39 is 0 Å². The topological polar surface area (TPSA) is 54.3 Å². The summed E-state index contributed by atoms with van der Waals surface area (Å²) in [5.41, 5.74) is 6.58. The van der Waals surface area contributed by atoms with Crippen LogP contribution in [0.4, 0.5) is 0 Å². The van der Waals surface area contributed by atoms with Gasteiger partial charge in [-0.05, 0) is 43.7 Å². The highest BCUT2D eigenvalue weighted by atomic mass is 16.3. The van der Waals surface area contributed by atoms with Crippen LogP contribution in [0.5, 0.6) is 0 Å². The minimum atomic E-state index is 0.418. The van der Waals surface area contributed by atoms with Gasteiger partial charge in [0.05, 0.1) is 16.4 Å². The lowest BCUT2D eigenvalue weighted by atomic mass is 10.1. The van der Waals surface area contributed by atoms with E-state index in [0.29, 0.717) is 5.49 Å². The highest BCUT2D eigenvalue weighted by Crippen LogP contribution is 2.29. The van der Waals surface area contributed by atoms with Crippen LogP contribution in [0.25, 0.3) is 38.6 Å². The van der Waals surface area contributed by atoms with E-state index in [4.69, 9.17) is 14.8 Å². The van der Waals surface area contributed by atoms with Gasteiger partial charge in [-0.3, -0.25) is 9.81 Å². The van der Waals surface area contributed by atoms with Gasteiger partial charge in [0.1, 0.15) is 16.7 Å². The van der Waals surface area contributed by atoms with Crippen molar-refractivity contribution in [1.82, 2.24) is 9.38 Å². The summed E-state index contributed by atoms with van der Waals surface area (Å²) in [6.45, 7) is 3.98. The normalized spacial score (nSPS) is 11.9. The molecule has 0 aliphatic carbocycles. The second kappa shape index (κ2) is 4.45. The summed E-state index contributed by atoms with van der Waals surface area (Å²) in [5, 5.41) is 10.6. The van der Waals surface area contributed by atoms with Gasteiger partial charge >= 0.3 is 0 Å². The number of hydrogen-bond acceptors (Lipinski definition) is 3. The number of rotatable bonds is 0. The molecule has 0 spiro atoms. The quantitative estimate of drug-likeness (QED) is 0.428. The Morgan fingerprint density at radius 2 is 1.88 bits per heavy atom. The van der Waals surface area contributed by atoms with Crippen LogP contribution in [0, 0.1) is 19.3 Å². The number of benzene rings is 2. The Bertz CT molecular complexity index is 1340. The highest BCUT2D eigenvalue weighted by Gasteiger charge is 2.15. The molecule has 4 heteroatoms. The second-order valence-electron chi connectivity index (χ2n) is 6.26. The molecule has 0 aliphatic rings. The van der Waals surface area contributed by atoms with Crippen molar-refractivity contribution in [3.63, 3.8) is 0 Å². The van der Waals surface area contributed by atoms with Crippen molar-refractivity contribution in [2.24, 2.45) is 0 Å². The third kappa shape index (κ3) is 1.62. The molecular weight excluding hydrogens is 298 g/mol. The Hall–Kier alpha value is -3.14. The fourth-order valence-corrected chi connectivity index (χ4v) is 3.39. The first-order chi connectivity index (χ1) is 11.6. The molecular formula is C20H15N3O. The van der Waals surface area contributed by atoms with Gasteiger partial charge in [0.15, 0.2) is 5.65 Å². The summed E-state index contributed by atoms with van der Waals surface area (Å²) in [6.07, 6.45) is 0. The van der Waals surface area contributed by atoms with Gasteiger partial charge in [-0.1, -0.05) is 24.3 Å². The number of pyridine rings is 1. The van der Waals surface area contributed by atoms with Gasteiger partial charge in [0, 0.05) is 10.9 Å². The largest absolute Gasteiger partial charge is 0.456 e. The lowest BCUT2D eigenvalue weighted by Gasteiger charge is -2.08. The first-order valence-electron chi connectivity index (χ1n) is 7.92. The number of hydrogen-bond donors (Lipinski definition) is 1. The smallest absolute Gasteiger partial charge is 0.150 e. The van der Waals surface area contributed by atoms with E-state index in [0.717, 1.165) is 49.7 Å². The zero-order chi connectivity index (χ0) is 16.4. The zero-order valence-corrected chi connectivity index (χ0v) is 13.4. The predicted molar refractivity (Wildman–Crippen MR) is 95.3 cm³/mol. The first kappa shape index (κ1) is 13.3. The Labute approximate surface area is 137 Å². The Morgan fingerprint density at radius 1 is 1.04 bits per heavy atom. The van der Waals surface area contributed by atoms with Gasteiger partial charge < -0.3 is 4.42 Å². The monoisotopic (exact) mass is 313 g/mol. The van der Waals surface area contributed by atoms with Gasteiger partial charge in [-0.15, -0.1) is 0 Å². The van der Waals surface area contributed by atoms with Gasteiger partial charge in [0.2, 0.25) is 0 Å². The number of imidazole rings is 1. The maximum absolute atomic E-state index is 8.58. The molecule has 4 nitrogen and oxygen atoms in total. The van der Waals surface area contributed by atoms with Crippen LogP contribution in [-0.2, 0) is 0 Å². The molecule has 2 aromatic carbocycles. The Morgan fingerprint density at radius 3 is 2.75 bits per heavy atom. The maximum Gasteiger partial charge on any atom is 0.150 e. The van der Waals surface area contributed by atoms with Gasteiger partial charge in [0.25, 0.3) is 0 Å². The van der Waals surface area contributed by atoms with Crippen LogP contribution < -0.4 is 5.49 Å². The number of fused-ring (bicyclic) bond motifs is 6. The van der Waals surface area contributed by atoms with Crippen molar-refractivity contribution in [3.8, 4) is 0 Å². The molecule has 0 saturated heterocycles. The summed E-state index contributed by atoms with van der Waals surface area (Å²) in [4.78, 5) is 4.75. The molecule has 0 fully saturated rings. The Kier molecular flexibility index (Phi) is 2.47. The van der Waals surface area contributed by atoms with Gasteiger partial charge in [-0.2, -0.15) is 0 Å². The number of nitrogens with zero attached hydrogens (tertiary/aromatic N) is 2. The SMILES string of the molecule is Cc1ccc2cc3c(oc2c1)c(C)c(=N)n1c2ccccc2nc31. The number of aromatic nitrogens is 2. The van der Waals surface area contributed by atoms with Crippen LogP contribution in [-0.4, -0.2) is 9.38 Å². The predicted octanol–water partition coefficient (Wildman–Crippen LogP) is 4.48.